The van der Waals surface area contributed by atoms with Crippen LogP contribution in [0.15, 0.2) is 18.2 Å². The van der Waals surface area contributed by atoms with E-state index in [1.54, 1.807) is 25.3 Å². The summed E-state index contributed by atoms with van der Waals surface area (Å²) < 4.78 is 5.21. The molecule has 1 aromatic carbocycles. The second kappa shape index (κ2) is 8.82. The molecule has 0 unspecified atom stereocenters. The molecule has 1 amide bonds. The molecule has 0 bridgehead atoms. The Balaban J connectivity index is 2.63. The van der Waals surface area contributed by atoms with Gasteiger partial charge in [0, 0.05) is 5.02 Å². The summed E-state index contributed by atoms with van der Waals surface area (Å²) in [6.07, 6.45) is 2.22. The molecule has 5 heteroatoms. The molecule has 0 aliphatic rings. The van der Waals surface area contributed by atoms with Crippen molar-refractivity contribution < 1.29 is 9.53 Å². The molecular formula is C15H23ClN2O2. The van der Waals surface area contributed by atoms with E-state index in [1.165, 1.54) is 0 Å². The van der Waals surface area contributed by atoms with E-state index in [4.69, 9.17) is 16.3 Å². The van der Waals surface area contributed by atoms with Gasteiger partial charge in [0.1, 0.15) is 5.75 Å². The predicted molar refractivity (Wildman–Crippen MR) is 83.7 cm³/mol. The average molecular weight is 299 g/mol. The molecule has 1 N–H and O–H groups in total. The first kappa shape index (κ1) is 16.8. The molecule has 0 aromatic heterocycles. The summed E-state index contributed by atoms with van der Waals surface area (Å²) in [6.45, 7) is 6.38. The Kier molecular flexibility index (Phi) is 7.41. The highest BCUT2D eigenvalue weighted by Crippen LogP contribution is 2.27. The van der Waals surface area contributed by atoms with Crippen molar-refractivity contribution >= 4 is 23.2 Å². The van der Waals surface area contributed by atoms with Crippen LogP contribution >= 0.6 is 11.6 Å². The van der Waals surface area contributed by atoms with Crippen molar-refractivity contribution in [1.29, 1.82) is 0 Å². The van der Waals surface area contributed by atoms with Crippen molar-refractivity contribution in [3.63, 3.8) is 0 Å². The fourth-order valence-corrected chi connectivity index (χ4v) is 2.07. The quantitative estimate of drug-likeness (QED) is 0.799. The standard InChI is InChI=1S/C15H23ClN2O2/c1-4-6-9-18(5-2)11-15(19)17-13-10-12(16)7-8-14(13)20-3/h7-8,10H,4-6,9,11H2,1-3H3,(H,17,19). The summed E-state index contributed by atoms with van der Waals surface area (Å²) in [7, 11) is 1.57. The first-order chi connectivity index (χ1) is 9.60. The van der Waals surface area contributed by atoms with E-state index >= 15 is 0 Å². The van der Waals surface area contributed by atoms with Crippen LogP contribution in [0, 0.1) is 0 Å². The molecule has 20 heavy (non-hydrogen) atoms. The molecule has 0 fully saturated rings. The maximum Gasteiger partial charge on any atom is 0.238 e. The zero-order valence-corrected chi connectivity index (χ0v) is 13.2. The third-order valence-electron chi connectivity index (χ3n) is 3.08. The van der Waals surface area contributed by atoms with Gasteiger partial charge in [-0.05, 0) is 37.7 Å². The zero-order chi connectivity index (χ0) is 15.0. The Morgan fingerprint density at radius 3 is 2.75 bits per heavy atom. The molecule has 0 saturated carbocycles. The number of nitrogens with zero attached hydrogens (tertiary/aromatic N) is 1. The van der Waals surface area contributed by atoms with Crippen molar-refractivity contribution in [3.8, 4) is 5.75 Å². The number of nitrogens with one attached hydrogen (secondary N) is 1. The molecule has 1 rings (SSSR count). The maximum absolute atomic E-state index is 12.1. The number of methoxy groups -OCH3 is 1. The largest absolute Gasteiger partial charge is 0.495 e. The van der Waals surface area contributed by atoms with Crippen LogP contribution in [-0.2, 0) is 4.79 Å². The normalized spacial score (nSPS) is 10.7. The van der Waals surface area contributed by atoms with Gasteiger partial charge < -0.3 is 10.1 Å². The van der Waals surface area contributed by atoms with E-state index < -0.39 is 0 Å². The van der Waals surface area contributed by atoms with Crippen LogP contribution in [0.2, 0.25) is 5.02 Å². The Bertz CT molecular complexity index is 438. The zero-order valence-electron chi connectivity index (χ0n) is 12.4. The smallest absolute Gasteiger partial charge is 0.238 e. The molecule has 0 spiro atoms. The summed E-state index contributed by atoms with van der Waals surface area (Å²) in [5.74, 6) is 0.558. The Morgan fingerprint density at radius 2 is 2.15 bits per heavy atom. The highest BCUT2D eigenvalue weighted by molar-refractivity contribution is 6.31. The molecule has 0 heterocycles. The van der Waals surface area contributed by atoms with Crippen LogP contribution in [0.25, 0.3) is 0 Å². The SMILES string of the molecule is CCCCN(CC)CC(=O)Nc1cc(Cl)ccc1OC. The lowest BCUT2D eigenvalue weighted by atomic mass is 10.2. The van der Waals surface area contributed by atoms with E-state index in [-0.39, 0.29) is 5.91 Å². The molecule has 0 radical (unpaired) electrons. The molecule has 4 nitrogen and oxygen atoms in total. The van der Waals surface area contributed by atoms with Crippen molar-refractivity contribution in [3.05, 3.63) is 23.2 Å². The van der Waals surface area contributed by atoms with E-state index in [1.807, 2.05) is 0 Å². The van der Waals surface area contributed by atoms with Crippen molar-refractivity contribution in [2.24, 2.45) is 0 Å². The molecule has 0 saturated heterocycles. The van der Waals surface area contributed by atoms with Crippen LogP contribution in [0.3, 0.4) is 0 Å². The minimum Gasteiger partial charge on any atom is -0.495 e. The van der Waals surface area contributed by atoms with Crippen LogP contribution < -0.4 is 10.1 Å². The number of halogens is 1. The number of hydrogen-bond donors (Lipinski definition) is 1. The average Bonchev–Trinajstić information content (AvgIpc) is 2.43. The van der Waals surface area contributed by atoms with Crippen molar-refractivity contribution in [2.45, 2.75) is 26.7 Å². The van der Waals surface area contributed by atoms with Gasteiger partial charge in [0.05, 0.1) is 19.3 Å². The van der Waals surface area contributed by atoms with Gasteiger partial charge in [-0.2, -0.15) is 0 Å². The molecule has 1 aromatic rings. The molecule has 0 aliphatic heterocycles. The van der Waals surface area contributed by atoms with Crippen molar-refractivity contribution in [1.82, 2.24) is 4.90 Å². The lowest BCUT2D eigenvalue weighted by Crippen LogP contribution is -2.33. The van der Waals surface area contributed by atoms with Crippen LogP contribution in [-0.4, -0.2) is 37.6 Å². The van der Waals surface area contributed by atoms with Gasteiger partial charge in [0.15, 0.2) is 0 Å². The molecule has 0 aliphatic carbocycles. The second-order valence-electron chi connectivity index (χ2n) is 4.62. The van der Waals surface area contributed by atoms with Gasteiger partial charge in [0.25, 0.3) is 0 Å². The van der Waals surface area contributed by atoms with Gasteiger partial charge >= 0.3 is 0 Å². The number of carbonyl (C=O) groups is 1. The molecular weight excluding hydrogens is 276 g/mol. The van der Waals surface area contributed by atoms with E-state index in [9.17, 15) is 4.79 Å². The highest BCUT2D eigenvalue weighted by atomic mass is 35.5. The summed E-state index contributed by atoms with van der Waals surface area (Å²) >= 11 is 5.94. The van der Waals surface area contributed by atoms with Crippen LogP contribution in [0.5, 0.6) is 5.75 Å². The summed E-state index contributed by atoms with van der Waals surface area (Å²) in [6, 6.07) is 5.17. The van der Waals surface area contributed by atoms with Crippen LogP contribution in [0.4, 0.5) is 5.69 Å². The molecule has 0 atom stereocenters. The number of hydrogen-bond acceptors (Lipinski definition) is 3. The fourth-order valence-electron chi connectivity index (χ4n) is 1.90. The maximum atomic E-state index is 12.1. The van der Waals surface area contributed by atoms with E-state index in [0.29, 0.717) is 23.0 Å². The van der Waals surface area contributed by atoms with E-state index in [2.05, 4.69) is 24.1 Å². The predicted octanol–water partition coefficient (Wildman–Crippen LogP) is 3.41. The molecule has 112 valence electrons. The lowest BCUT2D eigenvalue weighted by molar-refractivity contribution is -0.117. The topological polar surface area (TPSA) is 41.6 Å². The number of likely N-dealkylation sites (N-methyl/N-ethyl adjacent to an activating group) is 1. The van der Waals surface area contributed by atoms with E-state index in [0.717, 1.165) is 25.9 Å². The Labute approximate surface area is 126 Å². The summed E-state index contributed by atoms with van der Waals surface area (Å²) in [4.78, 5) is 14.2. The first-order valence-corrected chi connectivity index (χ1v) is 7.34. The number of rotatable bonds is 8. The van der Waals surface area contributed by atoms with Gasteiger partial charge in [-0.25, -0.2) is 0 Å². The monoisotopic (exact) mass is 298 g/mol. The third kappa shape index (κ3) is 5.39. The number of benzene rings is 1. The Morgan fingerprint density at radius 1 is 1.40 bits per heavy atom. The van der Waals surface area contributed by atoms with Crippen LogP contribution in [0.1, 0.15) is 26.7 Å². The minimum atomic E-state index is -0.0523. The lowest BCUT2D eigenvalue weighted by Gasteiger charge is -2.19. The number of carbonyl (C=O) groups excluding carboxylic acids is 1. The van der Waals surface area contributed by atoms with Crippen molar-refractivity contribution in [2.75, 3.05) is 32.1 Å². The van der Waals surface area contributed by atoms with Gasteiger partial charge in [-0.15, -0.1) is 0 Å². The summed E-state index contributed by atoms with van der Waals surface area (Å²) in [5, 5.41) is 3.42. The third-order valence-corrected chi connectivity index (χ3v) is 3.31. The number of ether oxygens (including phenoxy) is 1. The van der Waals surface area contributed by atoms with Gasteiger partial charge in [-0.3, -0.25) is 9.69 Å². The second-order valence-corrected chi connectivity index (χ2v) is 5.05. The van der Waals surface area contributed by atoms with Gasteiger partial charge in [0.2, 0.25) is 5.91 Å². The highest BCUT2D eigenvalue weighted by Gasteiger charge is 2.11. The number of amides is 1. The number of unbranched alkanes of at least 4 members (excludes halogenated alkanes) is 1. The summed E-state index contributed by atoms with van der Waals surface area (Å²) in [5.41, 5.74) is 0.608. The Hall–Kier alpha value is -1.26. The fraction of sp³-hybridized carbons (Fsp3) is 0.533. The minimum absolute atomic E-state index is 0.0523. The van der Waals surface area contributed by atoms with Gasteiger partial charge in [-0.1, -0.05) is 31.9 Å². The number of anilines is 1. The first-order valence-electron chi connectivity index (χ1n) is 6.96.